The Hall–Kier alpha value is -2.19. The molecule has 0 atom stereocenters. The molecule has 30 heavy (non-hydrogen) atoms. The van der Waals surface area contributed by atoms with Gasteiger partial charge in [-0.2, -0.15) is 0 Å². The Kier molecular flexibility index (Phi) is 6.53. The van der Waals surface area contributed by atoms with E-state index in [2.05, 4.69) is 14.6 Å². The standard InChI is InChI=1S/C22H30N4O3S/c1-17-23-21-10-6-5-9-20(21)22(24-17)26-13-11-18(12-14-26)25-30(27,28)16-15-29-19-7-3-2-4-8-19/h2-4,7-8,18,25H,5-6,9-16H2,1H3. The largest absolute Gasteiger partial charge is 0.492 e. The Morgan fingerprint density at radius 3 is 2.60 bits per heavy atom. The van der Waals surface area contributed by atoms with Crippen molar-refractivity contribution in [2.75, 3.05) is 30.3 Å². The summed E-state index contributed by atoms with van der Waals surface area (Å²) in [6.45, 7) is 3.70. The number of benzene rings is 1. The van der Waals surface area contributed by atoms with Crippen LogP contribution in [0.4, 0.5) is 5.82 Å². The number of rotatable bonds is 7. The minimum atomic E-state index is -3.37. The lowest BCUT2D eigenvalue weighted by Crippen LogP contribution is -2.46. The third-order valence-electron chi connectivity index (χ3n) is 5.78. The maximum absolute atomic E-state index is 12.5. The molecule has 1 saturated heterocycles. The van der Waals surface area contributed by atoms with Crippen LogP contribution in [0.3, 0.4) is 0 Å². The summed E-state index contributed by atoms with van der Waals surface area (Å²) in [4.78, 5) is 11.7. The molecule has 2 heterocycles. The molecule has 0 amide bonds. The van der Waals surface area contributed by atoms with Gasteiger partial charge in [-0.05, 0) is 57.6 Å². The molecule has 1 fully saturated rings. The first-order chi connectivity index (χ1) is 14.5. The minimum Gasteiger partial charge on any atom is -0.492 e. The molecule has 1 aliphatic carbocycles. The fraction of sp³-hybridized carbons (Fsp3) is 0.545. The van der Waals surface area contributed by atoms with E-state index in [1.807, 2.05) is 37.3 Å². The number of aromatic nitrogens is 2. The number of ether oxygens (including phenoxy) is 1. The van der Waals surface area contributed by atoms with Gasteiger partial charge < -0.3 is 9.64 Å². The molecular formula is C22H30N4O3S. The molecule has 1 aromatic carbocycles. The van der Waals surface area contributed by atoms with Crippen LogP contribution in [0.1, 0.15) is 42.8 Å². The van der Waals surface area contributed by atoms with Crippen molar-refractivity contribution in [2.45, 2.75) is 51.5 Å². The van der Waals surface area contributed by atoms with E-state index in [4.69, 9.17) is 9.72 Å². The van der Waals surface area contributed by atoms with Crippen molar-refractivity contribution in [3.63, 3.8) is 0 Å². The number of para-hydroxylation sites is 1. The van der Waals surface area contributed by atoms with Gasteiger partial charge in [0.1, 0.15) is 24.0 Å². The van der Waals surface area contributed by atoms with Gasteiger partial charge in [-0.1, -0.05) is 18.2 Å². The van der Waals surface area contributed by atoms with E-state index in [-0.39, 0.29) is 18.4 Å². The van der Waals surface area contributed by atoms with Gasteiger partial charge in [-0.15, -0.1) is 0 Å². The second kappa shape index (κ2) is 9.31. The molecule has 0 unspecified atom stereocenters. The Balaban J connectivity index is 1.30. The highest BCUT2D eigenvalue weighted by atomic mass is 32.2. The number of nitrogens with one attached hydrogen (secondary N) is 1. The van der Waals surface area contributed by atoms with Gasteiger partial charge >= 0.3 is 0 Å². The van der Waals surface area contributed by atoms with Crippen molar-refractivity contribution in [3.8, 4) is 5.75 Å². The number of sulfonamides is 1. The number of hydrogen-bond acceptors (Lipinski definition) is 6. The van der Waals surface area contributed by atoms with Crippen molar-refractivity contribution < 1.29 is 13.2 Å². The van der Waals surface area contributed by atoms with Crippen molar-refractivity contribution in [3.05, 3.63) is 47.4 Å². The first-order valence-corrected chi connectivity index (χ1v) is 12.4. The molecule has 2 aliphatic rings. The molecule has 7 nitrogen and oxygen atoms in total. The van der Waals surface area contributed by atoms with E-state index in [0.29, 0.717) is 5.75 Å². The summed E-state index contributed by atoms with van der Waals surface area (Å²) in [6.07, 6.45) is 6.01. The van der Waals surface area contributed by atoms with E-state index < -0.39 is 10.0 Å². The summed E-state index contributed by atoms with van der Waals surface area (Å²) in [5.74, 6) is 2.53. The number of piperidine rings is 1. The van der Waals surface area contributed by atoms with Crippen LogP contribution in [0.2, 0.25) is 0 Å². The van der Waals surface area contributed by atoms with Crippen molar-refractivity contribution in [1.82, 2.24) is 14.7 Å². The highest BCUT2D eigenvalue weighted by molar-refractivity contribution is 7.89. The molecule has 4 rings (SSSR count). The highest BCUT2D eigenvalue weighted by Crippen LogP contribution is 2.29. The Morgan fingerprint density at radius 1 is 1.10 bits per heavy atom. The monoisotopic (exact) mass is 430 g/mol. The van der Waals surface area contributed by atoms with Crippen LogP contribution in [0.15, 0.2) is 30.3 Å². The second-order valence-corrected chi connectivity index (χ2v) is 9.96. The maximum Gasteiger partial charge on any atom is 0.215 e. The zero-order valence-corrected chi connectivity index (χ0v) is 18.3. The molecule has 2 aromatic rings. The van der Waals surface area contributed by atoms with E-state index in [9.17, 15) is 8.42 Å². The third kappa shape index (κ3) is 5.29. The van der Waals surface area contributed by atoms with E-state index in [1.165, 1.54) is 24.1 Å². The maximum atomic E-state index is 12.5. The molecule has 0 spiro atoms. The highest BCUT2D eigenvalue weighted by Gasteiger charge is 2.27. The van der Waals surface area contributed by atoms with Crippen LogP contribution in [0.5, 0.6) is 5.75 Å². The summed E-state index contributed by atoms with van der Waals surface area (Å²) < 4.78 is 33.3. The predicted octanol–water partition coefficient (Wildman–Crippen LogP) is 2.63. The number of hydrogen-bond donors (Lipinski definition) is 1. The summed E-state index contributed by atoms with van der Waals surface area (Å²) in [5.41, 5.74) is 2.49. The average molecular weight is 431 g/mol. The number of aryl methyl sites for hydroxylation is 2. The van der Waals surface area contributed by atoms with Crippen LogP contribution in [-0.2, 0) is 22.9 Å². The normalized spacial score (nSPS) is 17.6. The van der Waals surface area contributed by atoms with E-state index in [1.54, 1.807) is 0 Å². The fourth-order valence-electron chi connectivity index (χ4n) is 4.26. The molecule has 162 valence electrons. The summed E-state index contributed by atoms with van der Waals surface area (Å²) >= 11 is 0. The van der Waals surface area contributed by atoms with Gasteiger partial charge in [0.2, 0.25) is 10.0 Å². The van der Waals surface area contributed by atoms with Gasteiger partial charge in [-0.25, -0.2) is 23.1 Å². The van der Waals surface area contributed by atoms with Crippen molar-refractivity contribution >= 4 is 15.8 Å². The average Bonchev–Trinajstić information content (AvgIpc) is 2.74. The number of nitrogens with zero attached hydrogens (tertiary/aromatic N) is 3. The smallest absolute Gasteiger partial charge is 0.215 e. The van der Waals surface area contributed by atoms with Crippen LogP contribution >= 0.6 is 0 Å². The topological polar surface area (TPSA) is 84.4 Å². The number of anilines is 1. The second-order valence-electron chi connectivity index (χ2n) is 8.09. The molecule has 1 aromatic heterocycles. The molecule has 1 aliphatic heterocycles. The van der Waals surface area contributed by atoms with E-state index in [0.717, 1.165) is 50.4 Å². The van der Waals surface area contributed by atoms with Crippen LogP contribution in [0.25, 0.3) is 0 Å². The first-order valence-electron chi connectivity index (χ1n) is 10.8. The lowest BCUT2D eigenvalue weighted by Gasteiger charge is -2.35. The first kappa shape index (κ1) is 21.1. The Labute approximate surface area is 178 Å². The summed E-state index contributed by atoms with van der Waals surface area (Å²) in [7, 11) is -3.37. The van der Waals surface area contributed by atoms with Crippen LogP contribution in [-0.4, -0.2) is 49.9 Å². The zero-order valence-electron chi connectivity index (χ0n) is 17.5. The van der Waals surface area contributed by atoms with Gasteiger partial charge in [-0.3, -0.25) is 0 Å². The van der Waals surface area contributed by atoms with Gasteiger partial charge in [0.15, 0.2) is 0 Å². The van der Waals surface area contributed by atoms with E-state index >= 15 is 0 Å². The number of fused-ring (bicyclic) bond motifs is 1. The zero-order chi connectivity index (χ0) is 21.0. The molecule has 8 heteroatoms. The molecular weight excluding hydrogens is 400 g/mol. The van der Waals surface area contributed by atoms with Gasteiger partial charge in [0.25, 0.3) is 0 Å². The Bertz CT molecular complexity index is 958. The summed E-state index contributed by atoms with van der Waals surface area (Å²) in [5, 5.41) is 0. The summed E-state index contributed by atoms with van der Waals surface area (Å²) in [6, 6.07) is 9.24. The molecule has 0 saturated carbocycles. The van der Waals surface area contributed by atoms with Crippen molar-refractivity contribution in [1.29, 1.82) is 0 Å². The molecule has 0 bridgehead atoms. The SMILES string of the molecule is Cc1nc2c(c(N3CCC(NS(=O)(=O)CCOc4ccccc4)CC3)n1)CCCC2. The lowest BCUT2D eigenvalue weighted by atomic mass is 9.95. The fourth-order valence-corrected chi connectivity index (χ4v) is 5.43. The molecule has 0 radical (unpaired) electrons. The lowest BCUT2D eigenvalue weighted by molar-refractivity contribution is 0.339. The third-order valence-corrected chi connectivity index (χ3v) is 7.17. The van der Waals surface area contributed by atoms with Crippen LogP contribution in [0, 0.1) is 6.92 Å². The molecule has 1 N–H and O–H groups in total. The predicted molar refractivity (Wildman–Crippen MR) is 118 cm³/mol. The Morgan fingerprint density at radius 2 is 1.83 bits per heavy atom. The quantitative estimate of drug-likeness (QED) is 0.727. The minimum absolute atomic E-state index is 0.0401. The van der Waals surface area contributed by atoms with Crippen LogP contribution < -0.4 is 14.4 Å². The van der Waals surface area contributed by atoms with Crippen molar-refractivity contribution in [2.24, 2.45) is 0 Å². The van der Waals surface area contributed by atoms with Gasteiger partial charge in [0.05, 0.1) is 5.75 Å². The van der Waals surface area contributed by atoms with Gasteiger partial charge in [0, 0.05) is 30.4 Å².